The van der Waals surface area contributed by atoms with E-state index in [2.05, 4.69) is 5.32 Å². The summed E-state index contributed by atoms with van der Waals surface area (Å²) in [5, 5.41) is 11.7. The Morgan fingerprint density at radius 1 is 1.17 bits per heavy atom. The largest absolute Gasteiger partial charge is 0.481 e. The Balaban J connectivity index is 1.84. The van der Waals surface area contributed by atoms with Crippen LogP contribution in [0.5, 0.6) is 0 Å². The fourth-order valence-corrected chi connectivity index (χ4v) is 3.41. The lowest BCUT2D eigenvalue weighted by molar-refractivity contribution is -0.144. The number of carbonyl (C=O) groups excluding carboxylic acids is 1. The highest BCUT2D eigenvalue weighted by Gasteiger charge is 2.30. The van der Waals surface area contributed by atoms with E-state index in [1.807, 2.05) is 0 Å². The number of hydrogen-bond donors (Lipinski definition) is 2. The highest BCUT2D eigenvalue weighted by Crippen LogP contribution is 2.37. The number of amides is 1. The van der Waals surface area contributed by atoms with Crippen molar-refractivity contribution in [3.8, 4) is 0 Å². The third-order valence-electron chi connectivity index (χ3n) is 4.05. The van der Waals surface area contributed by atoms with Crippen molar-refractivity contribution in [3.05, 3.63) is 29.8 Å². The molecule has 2 N–H and O–H groups in total. The topological polar surface area (TPSA) is 66.4 Å². The van der Waals surface area contributed by atoms with Gasteiger partial charge in [0.25, 0.3) is 0 Å². The van der Waals surface area contributed by atoms with Gasteiger partial charge in [-0.1, -0.05) is 12.1 Å². The number of alkyl halides is 3. The number of carboxylic acids is 1. The van der Waals surface area contributed by atoms with Crippen LogP contribution < -0.4 is 5.32 Å². The fraction of sp³-hybridized carbons (Fsp3) is 0.500. The Labute approximate surface area is 141 Å². The summed E-state index contributed by atoms with van der Waals surface area (Å²) in [6.07, 6.45) is 2.00. The number of aliphatic carboxylic acids is 1. The highest BCUT2D eigenvalue weighted by atomic mass is 32.2. The zero-order chi connectivity index (χ0) is 17.7. The molecule has 0 heterocycles. The quantitative estimate of drug-likeness (QED) is 0.783. The summed E-state index contributed by atoms with van der Waals surface area (Å²) < 4.78 is 37.1. The second-order valence-corrected chi connectivity index (χ2v) is 6.94. The van der Waals surface area contributed by atoms with E-state index in [4.69, 9.17) is 5.11 Å². The van der Waals surface area contributed by atoms with E-state index in [9.17, 15) is 22.8 Å². The van der Waals surface area contributed by atoms with Gasteiger partial charge in [0.05, 0.1) is 5.92 Å². The van der Waals surface area contributed by atoms with Crippen molar-refractivity contribution in [3.63, 3.8) is 0 Å². The van der Waals surface area contributed by atoms with Gasteiger partial charge in [-0.05, 0) is 55.1 Å². The van der Waals surface area contributed by atoms with Crippen LogP contribution in [0.15, 0.2) is 29.2 Å². The molecular weight excluding hydrogens is 343 g/mol. The molecule has 1 aliphatic carbocycles. The molecule has 1 fully saturated rings. The van der Waals surface area contributed by atoms with Gasteiger partial charge in [0.2, 0.25) is 5.91 Å². The molecule has 0 bridgehead atoms. The molecule has 132 valence electrons. The molecule has 1 aromatic rings. The molecule has 2 rings (SSSR count). The van der Waals surface area contributed by atoms with E-state index >= 15 is 0 Å². The molecule has 4 nitrogen and oxygen atoms in total. The minimum Gasteiger partial charge on any atom is -0.481 e. The maximum Gasteiger partial charge on any atom is 0.446 e. The summed E-state index contributed by atoms with van der Waals surface area (Å²) in [6, 6.07) is 5.95. The number of nitrogens with one attached hydrogen (secondary N) is 1. The normalized spacial score (nSPS) is 21.3. The van der Waals surface area contributed by atoms with E-state index in [-0.39, 0.29) is 40.9 Å². The highest BCUT2D eigenvalue weighted by molar-refractivity contribution is 8.00. The van der Waals surface area contributed by atoms with Crippen LogP contribution in [0.3, 0.4) is 0 Å². The van der Waals surface area contributed by atoms with Crippen molar-refractivity contribution in [1.29, 1.82) is 0 Å². The van der Waals surface area contributed by atoms with Crippen LogP contribution in [0.1, 0.15) is 31.2 Å². The van der Waals surface area contributed by atoms with E-state index in [1.54, 1.807) is 6.07 Å². The maximum atomic E-state index is 12.4. The predicted octanol–water partition coefficient (Wildman–Crippen LogP) is 3.81. The van der Waals surface area contributed by atoms with Crippen LogP contribution in [-0.4, -0.2) is 22.5 Å². The molecule has 1 amide bonds. The van der Waals surface area contributed by atoms with Gasteiger partial charge in [0, 0.05) is 17.4 Å². The van der Waals surface area contributed by atoms with Crippen LogP contribution in [0.4, 0.5) is 13.2 Å². The van der Waals surface area contributed by atoms with Gasteiger partial charge in [-0.3, -0.25) is 9.59 Å². The number of rotatable bonds is 5. The number of thioether (sulfide) groups is 1. The zero-order valence-electron chi connectivity index (χ0n) is 12.8. The van der Waals surface area contributed by atoms with Crippen LogP contribution in [0.25, 0.3) is 0 Å². The zero-order valence-corrected chi connectivity index (χ0v) is 13.6. The molecule has 0 aliphatic heterocycles. The lowest BCUT2D eigenvalue weighted by Crippen LogP contribution is -2.34. The third kappa shape index (κ3) is 5.74. The lowest BCUT2D eigenvalue weighted by atomic mass is 9.81. The van der Waals surface area contributed by atoms with E-state index in [0.29, 0.717) is 31.2 Å². The van der Waals surface area contributed by atoms with Gasteiger partial charge in [0.1, 0.15) is 0 Å². The Hall–Kier alpha value is -1.70. The summed E-state index contributed by atoms with van der Waals surface area (Å²) in [4.78, 5) is 23.1. The van der Waals surface area contributed by atoms with Gasteiger partial charge in [-0.15, -0.1) is 0 Å². The predicted molar refractivity (Wildman–Crippen MR) is 83.3 cm³/mol. The van der Waals surface area contributed by atoms with Gasteiger partial charge in [-0.25, -0.2) is 0 Å². The second-order valence-electron chi connectivity index (χ2n) is 5.80. The van der Waals surface area contributed by atoms with Crippen molar-refractivity contribution in [2.24, 2.45) is 11.8 Å². The third-order valence-corrected chi connectivity index (χ3v) is 4.77. The first kappa shape index (κ1) is 18.6. The molecule has 0 unspecified atom stereocenters. The molecule has 0 saturated heterocycles. The number of halogens is 3. The summed E-state index contributed by atoms with van der Waals surface area (Å²) in [6.45, 7) is 0.157. The Morgan fingerprint density at radius 3 is 2.38 bits per heavy atom. The van der Waals surface area contributed by atoms with Crippen LogP contribution in [-0.2, 0) is 16.1 Å². The minimum atomic E-state index is -4.34. The van der Waals surface area contributed by atoms with Crippen molar-refractivity contribution in [2.75, 3.05) is 0 Å². The van der Waals surface area contributed by atoms with Gasteiger partial charge in [0.15, 0.2) is 0 Å². The summed E-state index contributed by atoms with van der Waals surface area (Å²) in [7, 11) is 0. The molecule has 0 radical (unpaired) electrons. The van der Waals surface area contributed by atoms with Crippen molar-refractivity contribution >= 4 is 23.6 Å². The van der Waals surface area contributed by atoms with Gasteiger partial charge < -0.3 is 10.4 Å². The molecular formula is C16H18F3NO3S. The van der Waals surface area contributed by atoms with Crippen LogP contribution in [0.2, 0.25) is 0 Å². The molecule has 0 aromatic heterocycles. The van der Waals surface area contributed by atoms with Crippen molar-refractivity contribution < 1.29 is 27.9 Å². The molecule has 1 aliphatic rings. The summed E-state index contributed by atoms with van der Waals surface area (Å²) >= 11 is -0.188. The van der Waals surface area contributed by atoms with Crippen molar-refractivity contribution in [2.45, 2.75) is 42.6 Å². The summed E-state index contributed by atoms with van der Waals surface area (Å²) in [5.41, 5.74) is -3.75. The average Bonchev–Trinajstić information content (AvgIpc) is 2.51. The Kier molecular flexibility index (Phi) is 6.15. The molecule has 1 saturated carbocycles. The first-order valence-corrected chi connectivity index (χ1v) is 8.41. The van der Waals surface area contributed by atoms with Gasteiger partial charge >= 0.3 is 11.5 Å². The molecule has 0 spiro atoms. The van der Waals surface area contributed by atoms with E-state index < -0.39 is 11.5 Å². The smallest absolute Gasteiger partial charge is 0.446 e. The lowest BCUT2D eigenvalue weighted by Gasteiger charge is -2.25. The maximum absolute atomic E-state index is 12.4. The molecule has 1 aromatic carbocycles. The van der Waals surface area contributed by atoms with Crippen LogP contribution >= 0.6 is 11.8 Å². The average molecular weight is 361 g/mol. The Morgan fingerprint density at radius 2 is 1.79 bits per heavy atom. The number of hydrogen-bond acceptors (Lipinski definition) is 3. The summed E-state index contributed by atoms with van der Waals surface area (Å²) in [5.74, 6) is -1.61. The second kappa shape index (κ2) is 7.92. The molecule has 8 heteroatoms. The SMILES string of the molecule is O=C(O)C1CCC(C(=O)NCc2cccc(SC(F)(F)F)c2)CC1. The number of carboxylic acid groups (broad SMARTS) is 1. The first-order valence-electron chi connectivity index (χ1n) is 7.60. The fourth-order valence-electron chi connectivity index (χ4n) is 2.79. The van der Waals surface area contributed by atoms with Gasteiger partial charge in [-0.2, -0.15) is 13.2 Å². The monoisotopic (exact) mass is 361 g/mol. The number of benzene rings is 1. The van der Waals surface area contributed by atoms with E-state index in [1.165, 1.54) is 18.2 Å². The van der Waals surface area contributed by atoms with Crippen LogP contribution in [0, 0.1) is 11.8 Å². The van der Waals surface area contributed by atoms with Crippen molar-refractivity contribution in [1.82, 2.24) is 5.32 Å². The van der Waals surface area contributed by atoms with E-state index in [0.717, 1.165) is 0 Å². The molecule has 0 atom stereocenters. The standard InChI is InChI=1S/C16H18F3NO3S/c17-16(18,19)24-13-3-1-2-10(8-13)9-20-14(21)11-4-6-12(7-5-11)15(22)23/h1-3,8,11-12H,4-7,9H2,(H,20,21)(H,22,23). The Bertz CT molecular complexity index is 598. The minimum absolute atomic E-state index is 0.0798. The molecule has 24 heavy (non-hydrogen) atoms. The first-order chi connectivity index (χ1) is 11.2. The number of carbonyl (C=O) groups is 2.